The maximum atomic E-state index is 10.7. The molecule has 0 aliphatic carbocycles. The molecule has 0 spiro atoms. The van der Waals surface area contributed by atoms with E-state index in [1.807, 2.05) is 43.3 Å². The summed E-state index contributed by atoms with van der Waals surface area (Å²) in [4.78, 5) is 10.7. The molecule has 2 aromatic carbocycles. The zero-order valence-electron chi connectivity index (χ0n) is 11.4. The topological polar surface area (TPSA) is 35.5 Å². The molecular weight excluding hydrogens is 251 g/mol. The largest absolute Gasteiger partial charge is 0.457 e. The van der Waals surface area contributed by atoms with Crippen LogP contribution in [0, 0.1) is 6.92 Å². The van der Waals surface area contributed by atoms with Crippen molar-refractivity contribution in [1.29, 1.82) is 0 Å². The van der Waals surface area contributed by atoms with Gasteiger partial charge in [0.2, 0.25) is 0 Å². The Balaban J connectivity index is 1.84. The SMILES string of the molecule is Cc1ccc(Oc2ccc3c(c2)COB3)cc1CC=O. The molecular formula is C16H15BO3. The lowest BCUT2D eigenvalue weighted by atomic mass is 9.87. The van der Waals surface area contributed by atoms with Gasteiger partial charge in [0.25, 0.3) is 0 Å². The van der Waals surface area contributed by atoms with Crippen molar-refractivity contribution >= 4 is 19.2 Å². The van der Waals surface area contributed by atoms with Crippen molar-refractivity contribution in [2.75, 3.05) is 0 Å². The van der Waals surface area contributed by atoms with E-state index in [9.17, 15) is 4.79 Å². The van der Waals surface area contributed by atoms with E-state index in [4.69, 9.17) is 9.39 Å². The molecule has 0 fully saturated rings. The Kier molecular flexibility index (Phi) is 3.57. The zero-order valence-corrected chi connectivity index (χ0v) is 11.4. The second-order valence-electron chi connectivity index (χ2n) is 4.98. The van der Waals surface area contributed by atoms with E-state index in [0.717, 1.165) is 28.9 Å². The van der Waals surface area contributed by atoms with Crippen LogP contribution in [0.15, 0.2) is 36.4 Å². The highest BCUT2D eigenvalue weighted by Gasteiger charge is 2.13. The van der Waals surface area contributed by atoms with E-state index >= 15 is 0 Å². The predicted octanol–water partition coefficient (Wildman–Crippen LogP) is 2.04. The van der Waals surface area contributed by atoms with Gasteiger partial charge in [0, 0.05) is 6.42 Å². The minimum atomic E-state index is 0.418. The molecule has 4 heteroatoms. The smallest absolute Gasteiger partial charge is 0.309 e. The molecule has 3 nitrogen and oxygen atoms in total. The number of fused-ring (bicyclic) bond motifs is 1. The summed E-state index contributed by atoms with van der Waals surface area (Å²) in [5, 5.41) is 0. The van der Waals surface area contributed by atoms with Gasteiger partial charge < -0.3 is 14.2 Å². The van der Waals surface area contributed by atoms with E-state index in [0.29, 0.717) is 20.5 Å². The average molecular weight is 266 g/mol. The summed E-state index contributed by atoms with van der Waals surface area (Å²) in [5.74, 6) is 1.56. The first-order chi connectivity index (χ1) is 9.76. The fraction of sp³-hybridized carbons (Fsp3) is 0.188. The summed E-state index contributed by atoms with van der Waals surface area (Å²) in [6.07, 6.45) is 1.33. The second kappa shape index (κ2) is 5.51. The summed E-state index contributed by atoms with van der Waals surface area (Å²) in [6, 6.07) is 11.8. The lowest BCUT2D eigenvalue weighted by Crippen LogP contribution is -2.10. The third-order valence-corrected chi connectivity index (χ3v) is 3.55. The van der Waals surface area contributed by atoms with Gasteiger partial charge >= 0.3 is 7.48 Å². The molecule has 0 saturated heterocycles. The van der Waals surface area contributed by atoms with Crippen LogP contribution in [0.1, 0.15) is 16.7 Å². The van der Waals surface area contributed by atoms with Gasteiger partial charge in [-0.2, -0.15) is 0 Å². The molecule has 0 unspecified atom stereocenters. The zero-order chi connectivity index (χ0) is 13.9. The minimum Gasteiger partial charge on any atom is -0.457 e. The van der Waals surface area contributed by atoms with Gasteiger partial charge in [0.15, 0.2) is 0 Å². The van der Waals surface area contributed by atoms with E-state index in [1.165, 1.54) is 11.0 Å². The molecule has 0 amide bonds. The molecule has 1 aliphatic rings. The van der Waals surface area contributed by atoms with Crippen molar-refractivity contribution < 1.29 is 14.2 Å². The maximum absolute atomic E-state index is 10.7. The number of carbonyl (C=O) groups is 1. The monoisotopic (exact) mass is 266 g/mol. The Hall–Kier alpha value is -2.07. The molecule has 0 bridgehead atoms. The van der Waals surface area contributed by atoms with Crippen LogP contribution in [0.25, 0.3) is 0 Å². The molecule has 0 radical (unpaired) electrons. The summed E-state index contributed by atoms with van der Waals surface area (Å²) in [6.45, 7) is 2.65. The summed E-state index contributed by atoms with van der Waals surface area (Å²) >= 11 is 0. The molecule has 3 rings (SSSR count). The van der Waals surface area contributed by atoms with Gasteiger partial charge in [-0.25, -0.2) is 0 Å². The number of rotatable bonds is 4. The highest BCUT2D eigenvalue weighted by molar-refractivity contribution is 6.48. The van der Waals surface area contributed by atoms with E-state index in [2.05, 4.69) is 0 Å². The van der Waals surface area contributed by atoms with Crippen LogP contribution in [-0.2, 0) is 22.5 Å². The van der Waals surface area contributed by atoms with Crippen molar-refractivity contribution in [3.8, 4) is 11.5 Å². The second-order valence-corrected chi connectivity index (χ2v) is 4.98. The molecule has 0 aromatic heterocycles. The lowest BCUT2D eigenvalue weighted by molar-refractivity contribution is -0.107. The Labute approximate surface area is 118 Å². The predicted molar refractivity (Wildman–Crippen MR) is 79.0 cm³/mol. The number of hydrogen-bond acceptors (Lipinski definition) is 3. The van der Waals surface area contributed by atoms with E-state index in [-0.39, 0.29) is 0 Å². The Bertz CT molecular complexity index is 652. The van der Waals surface area contributed by atoms with Crippen molar-refractivity contribution in [1.82, 2.24) is 0 Å². The minimum absolute atomic E-state index is 0.418. The van der Waals surface area contributed by atoms with Crippen LogP contribution in [0.5, 0.6) is 11.5 Å². The lowest BCUT2D eigenvalue weighted by Gasteiger charge is -2.10. The van der Waals surface area contributed by atoms with Gasteiger partial charge in [-0.15, -0.1) is 0 Å². The third-order valence-electron chi connectivity index (χ3n) is 3.55. The van der Waals surface area contributed by atoms with Crippen molar-refractivity contribution in [3.05, 3.63) is 53.1 Å². The first-order valence-electron chi connectivity index (χ1n) is 6.67. The van der Waals surface area contributed by atoms with Gasteiger partial charge in [0.05, 0.1) is 6.61 Å². The molecule has 0 N–H and O–H groups in total. The highest BCUT2D eigenvalue weighted by atomic mass is 16.5. The van der Waals surface area contributed by atoms with Crippen LogP contribution >= 0.6 is 0 Å². The van der Waals surface area contributed by atoms with Gasteiger partial charge in [-0.1, -0.05) is 12.1 Å². The molecule has 20 heavy (non-hydrogen) atoms. The molecule has 1 heterocycles. The Morgan fingerprint density at radius 1 is 1.25 bits per heavy atom. The van der Waals surface area contributed by atoms with E-state index in [1.54, 1.807) is 0 Å². The van der Waals surface area contributed by atoms with Crippen LogP contribution in [0.2, 0.25) is 0 Å². The highest BCUT2D eigenvalue weighted by Crippen LogP contribution is 2.25. The number of aldehydes is 1. The molecule has 2 aromatic rings. The third kappa shape index (κ3) is 2.61. The average Bonchev–Trinajstić information content (AvgIpc) is 2.90. The number of aryl methyl sites for hydroxylation is 1. The van der Waals surface area contributed by atoms with Gasteiger partial charge in [-0.3, -0.25) is 0 Å². The van der Waals surface area contributed by atoms with Crippen molar-refractivity contribution in [3.63, 3.8) is 0 Å². The van der Waals surface area contributed by atoms with Crippen LogP contribution < -0.4 is 10.2 Å². The number of carbonyl (C=O) groups excluding carboxylic acids is 1. The quantitative estimate of drug-likeness (QED) is 0.627. The van der Waals surface area contributed by atoms with Crippen molar-refractivity contribution in [2.24, 2.45) is 0 Å². The summed E-state index contributed by atoms with van der Waals surface area (Å²) in [5.41, 5.74) is 4.51. The molecule has 0 atom stereocenters. The molecule has 1 aliphatic heterocycles. The maximum Gasteiger partial charge on any atom is 0.309 e. The van der Waals surface area contributed by atoms with E-state index < -0.39 is 0 Å². The van der Waals surface area contributed by atoms with Crippen LogP contribution in [-0.4, -0.2) is 13.8 Å². The summed E-state index contributed by atoms with van der Waals surface area (Å²) < 4.78 is 11.3. The normalized spacial score (nSPS) is 12.7. The Morgan fingerprint density at radius 3 is 2.90 bits per heavy atom. The van der Waals surface area contributed by atoms with Crippen LogP contribution in [0.4, 0.5) is 0 Å². The standard InChI is InChI=1S/C16H15BO3/c1-11-2-3-14(8-12(11)6-7-18)20-15-4-5-16-13(9-15)10-19-17-16/h2-5,7-9,17H,6,10H2,1H3. The first-order valence-corrected chi connectivity index (χ1v) is 6.67. The number of ether oxygens (including phenoxy) is 1. The number of benzene rings is 2. The van der Waals surface area contributed by atoms with Crippen LogP contribution in [0.3, 0.4) is 0 Å². The summed E-state index contributed by atoms with van der Waals surface area (Å²) in [7, 11) is 0.684. The molecule has 0 saturated carbocycles. The fourth-order valence-corrected chi connectivity index (χ4v) is 2.37. The molecule has 100 valence electrons. The number of hydrogen-bond donors (Lipinski definition) is 0. The Morgan fingerprint density at radius 2 is 2.05 bits per heavy atom. The van der Waals surface area contributed by atoms with Gasteiger partial charge in [0.1, 0.15) is 17.8 Å². The van der Waals surface area contributed by atoms with Gasteiger partial charge in [-0.05, 0) is 53.3 Å². The first kappa shape index (κ1) is 12.9. The fourth-order valence-electron chi connectivity index (χ4n) is 2.37. The van der Waals surface area contributed by atoms with Crippen molar-refractivity contribution in [2.45, 2.75) is 20.0 Å².